The molecule has 0 unspecified atom stereocenters. The number of hydrogen-bond donors (Lipinski definition) is 3. The summed E-state index contributed by atoms with van der Waals surface area (Å²) in [6.07, 6.45) is 4.24. The van der Waals surface area contributed by atoms with Crippen LogP contribution in [0.2, 0.25) is 0 Å². The van der Waals surface area contributed by atoms with E-state index in [4.69, 9.17) is 4.74 Å². The van der Waals surface area contributed by atoms with Crippen LogP contribution < -0.4 is 21.3 Å². The van der Waals surface area contributed by atoms with Crippen LogP contribution in [0.4, 0.5) is 0 Å². The second-order valence-corrected chi connectivity index (χ2v) is 5.76. The summed E-state index contributed by atoms with van der Waals surface area (Å²) >= 11 is 0. The molecule has 3 rings (SSSR count). The summed E-state index contributed by atoms with van der Waals surface area (Å²) in [5.41, 5.74) is 0.494. The molecule has 9 nitrogen and oxygen atoms in total. The summed E-state index contributed by atoms with van der Waals surface area (Å²) in [6, 6.07) is 7.11. The molecule has 0 saturated heterocycles. The molecule has 3 aromatic heterocycles. The van der Waals surface area contributed by atoms with Gasteiger partial charge < -0.3 is 15.0 Å². The van der Waals surface area contributed by atoms with Gasteiger partial charge in [-0.15, -0.1) is 0 Å². The quantitative estimate of drug-likeness (QED) is 0.591. The highest BCUT2D eigenvalue weighted by Crippen LogP contribution is 2.22. The maximum absolute atomic E-state index is 12.1. The fourth-order valence-electron chi connectivity index (χ4n) is 2.28. The Bertz CT molecular complexity index is 1060. The van der Waals surface area contributed by atoms with Crippen molar-refractivity contribution in [1.82, 2.24) is 25.3 Å². The zero-order chi connectivity index (χ0) is 19.2. The lowest BCUT2D eigenvalue weighted by Gasteiger charge is -2.10. The van der Waals surface area contributed by atoms with Crippen molar-refractivity contribution >= 4 is 5.91 Å². The molecular weight excluding hydrogens is 350 g/mol. The molecule has 27 heavy (non-hydrogen) atoms. The second kappa shape index (κ2) is 8.09. The summed E-state index contributed by atoms with van der Waals surface area (Å²) < 4.78 is 5.73. The highest BCUT2D eigenvalue weighted by molar-refractivity contribution is 5.78. The molecule has 3 N–H and O–H groups in total. The highest BCUT2D eigenvalue weighted by atomic mass is 16.5. The van der Waals surface area contributed by atoms with E-state index in [1.54, 1.807) is 30.6 Å². The minimum Gasteiger partial charge on any atom is -0.437 e. The fourth-order valence-corrected chi connectivity index (χ4v) is 2.28. The zero-order valence-corrected chi connectivity index (χ0v) is 14.5. The number of H-pyrrole nitrogens is 2. The number of ether oxygens (including phenoxy) is 1. The number of pyridine rings is 2. The molecule has 3 heterocycles. The Morgan fingerprint density at radius 1 is 1.19 bits per heavy atom. The molecule has 0 radical (unpaired) electrons. The molecule has 138 valence electrons. The van der Waals surface area contributed by atoms with Gasteiger partial charge in [-0.05, 0) is 25.1 Å². The van der Waals surface area contributed by atoms with Crippen molar-refractivity contribution in [3.63, 3.8) is 0 Å². The van der Waals surface area contributed by atoms with E-state index >= 15 is 0 Å². The van der Waals surface area contributed by atoms with Gasteiger partial charge in [-0.3, -0.25) is 19.6 Å². The van der Waals surface area contributed by atoms with Crippen molar-refractivity contribution in [3.8, 4) is 11.6 Å². The Hall–Kier alpha value is -3.75. The molecule has 0 aliphatic carbocycles. The molecule has 1 amide bonds. The highest BCUT2D eigenvalue weighted by Gasteiger charge is 2.11. The third-order valence-electron chi connectivity index (χ3n) is 3.67. The van der Waals surface area contributed by atoms with Crippen LogP contribution in [0.25, 0.3) is 0 Å². The first-order chi connectivity index (χ1) is 13.0. The number of amides is 1. The van der Waals surface area contributed by atoms with E-state index in [2.05, 4.69) is 25.3 Å². The molecule has 0 aliphatic heterocycles. The van der Waals surface area contributed by atoms with Crippen LogP contribution in [0.3, 0.4) is 0 Å². The van der Waals surface area contributed by atoms with E-state index in [0.717, 1.165) is 5.69 Å². The van der Waals surface area contributed by atoms with Gasteiger partial charge in [0, 0.05) is 35.8 Å². The van der Waals surface area contributed by atoms with Gasteiger partial charge in [-0.25, -0.2) is 9.78 Å². The summed E-state index contributed by atoms with van der Waals surface area (Å²) in [4.78, 5) is 47.5. The average molecular weight is 367 g/mol. The second-order valence-electron chi connectivity index (χ2n) is 5.76. The number of carbonyl (C=O) groups is 1. The Morgan fingerprint density at radius 3 is 2.78 bits per heavy atom. The first-order valence-corrected chi connectivity index (χ1v) is 8.13. The van der Waals surface area contributed by atoms with Crippen molar-refractivity contribution in [2.45, 2.75) is 19.9 Å². The van der Waals surface area contributed by atoms with Gasteiger partial charge in [0.2, 0.25) is 11.8 Å². The first kappa shape index (κ1) is 18.1. The molecule has 0 saturated carbocycles. The average Bonchev–Trinajstić information content (AvgIpc) is 2.65. The summed E-state index contributed by atoms with van der Waals surface area (Å²) in [5, 5.41) is 2.71. The first-order valence-electron chi connectivity index (χ1n) is 8.13. The lowest BCUT2D eigenvalue weighted by atomic mass is 10.2. The van der Waals surface area contributed by atoms with Gasteiger partial charge in [0.1, 0.15) is 5.75 Å². The number of carbonyl (C=O) groups excluding carboxylic acids is 1. The Kier molecular flexibility index (Phi) is 5.41. The lowest BCUT2D eigenvalue weighted by Crippen LogP contribution is -2.30. The fraction of sp³-hybridized carbons (Fsp3) is 0.167. The Morgan fingerprint density at radius 2 is 2.04 bits per heavy atom. The third kappa shape index (κ3) is 4.88. The standard InChI is InChI=1S/C18H17N5O4/c1-11-4-5-14(10-20-11)27-17-12(3-2-6-19-17)8-21-15(24)7-13-9-22-18(26)23-16(13)25/h2-6,9-10H,7-8H2,1H3,(H,21,24)(H2,22,23,25,26). The van der Waals surface area contributed by atoms with Crippen molar-refractivity contribution < 1.29 is 9.53 Å². The normalized spacial score (nSPS) is 10.4. The molecule has 0 fully saturated rings. The summed E-state index contributed by atoms with van der Waals surface area (Å²) in [7, 11) is 0. The minimum absolute atomic E-state index is 0.162. The van der Waals surface area contributed by atoms with E-state index < -0.39 is 11.2 Å². The minimum atomic E-state index is -0.619. The predicted molar refractivity (Wildman–Crippen MR) is 96.5 cm³/mol. The molecule has 0 spiro atoms. The Labute approximate surface area is 153 Å². The maximum Gasteiger partial charge on any atom is 0.325 e. The van der Waals surface area contributed by atoms with E-state index in [9.17, 15) is 14.4 Å². The van der Waals surface area contributed by atoms with Crippen LogP contribution in [0, 0.1) is 6.92 Å². The number of aryl methyl sites for hydroxylation is 1. The van der Waals surface area contributed by atoms with Crippen molar-refractivity contribution in [2.24, 2.45) is 0 Å². The van der Waals surface area contributed by atoms with Gasteiger partial charge in [-0.1, -0.05) is 6.07 Å². The van der Waals surface area contributed by atoms with Gasteiger partial charge in [0.05, 0.1) is 12.6 Å². The van der Waals surface area contributed by atoms with Crippen LogP contribution in [0.15, 0.2) is 52.4 Å². The number of nitrogens with one attached hydrogen (secondary N) is 3. The van der Waals surface area contributed by atoms with E-state index in [1.165, 1.54) is 6.20 Å². The molecule has 9 heteroatoms. The number of nitrogens with zero attached hydrogens (tertiary/aromatic N) is 2. The van der Waals surface area contributed by atoms with E-state index in [-0.39, 0.29) is 24.4 Å². The molecule has 3 aromatic rings. The molecule has 0 aromatic carbocycles. The Balaban J connectivity index is 1.65. The molecular formula is C18H17N5O4. The summed E-state index contributed by atoms with van der Waals surface area (Å²) in [5.74, 6) is 0.511. The van der Waals surface area contributed by atoms with Gasteiger partial charge in [0.25, 0.3) is 5.56 Å². The van der Waals surface area contributed by atoms with Crippen LogP contribution in [0.1, 0.15) is 16.8 Å². The smallest absolute Gasteiger partial charge is 0.325 e. The SMILES string of the molecule is Cc1ccc(Oc2ncccc2CNC(=O)Cc2c[nH]c(=O)[nH]c2=O)cn1. The predicted octanol–water partition coefficient (Wildman–Crippen LogP) is 0.813. The van der Waals surface area contributed by atoms with Gasteiger partial charge in [-0.2, -0.15) is 0 Å². The summed E-state index contributed by atoms with van der Waals surface area (Å²) in [6.45, 7) is 2.04. The largest absolute Gasteiger partial charge is 0.437 e. The number of aromatic amines is 2. The van der Waals surface area contributed by atoms with Crippen molar-refractivity contribution in [1.29, 1.82) is 0 Å². The number of rotatable bonds is 6. The van der Waals surface area contributed by atoms with Crippen LogP contribution in [0.5, 0.6) is 11.6 Å². The third-order valence-corrected chi connectivity index (χ3v) is 3.67. The van der Waals surface area contributed by atoms with Gasteiger partial charge >= 0.3 is 5.69 Å². The van der Waals surface area contributed by atoms with Crippen LogP contribution in [-0.4, -0.2) is 25.8 Å². The number of aromatic nitrogens is 4. The van der Waals surface area contributed by atoms with E-state index in [1.807, 2.05) is 13.0 Å². The van der Waals surface area contributed by atoms with Crippen LogP contribution >= 0.6 is 0 Å². The zero-order valence-electron chi connectivity index (χ0n) is 14.5. The van der Waals surface area contributed by atoms with E-state index in [0.29, 0.717) is 17.2 Å². The number of hydrogen-bond acceptors (Lipinski definition) is 6. The van der Waals surface area contributed by atoms with Crippen molar-refractivity contribution in [2.75, 3.05) is 0 Å². The monoisotopic (exact) mass is 367 g/mol. The molecule has 0 atom stereocenters. The molecule has 0 aliphatic rings. The topological polar surface area (TPSA) is 130 Å². The van der Waals surface area contributed by atoms with Crippen molar-refractivity contribution in [3.05, 3.63) is 80.5 Å². The molecule has 0 bridgehead atoms. The maximum atomic E-state index is 12.1. The lowest BCUT2D eigenvalue weighted by molar-refractivity contribution is -0.120. The van der Waals surface area contributed by atoms with Gasteiger partial charge in [0.15, 0.2) is 0 Å². The van der Waals surface area contributed by atoms with Crippen LogP contribution in [-0.2, 0) is 17.8 Å².